The van der Waals surface area contributed by atoms with Crippen molar-refractivity contribution < 1.29 is 0 Å². The van der Waals surface area contributed by atoms with Crippen molar-refractivity contribution in [2.75, 3.05) is 13.1 Å². The van der Waals surface area contributed by atoms with Crippen LogP contribution in [0.4, 0.5) is 0 Å². The van der Waals surface area contributed by atoms with Gasteiger partial charge in [-0.05, 0) is 12.8 Å². The predicted octanol–water partition coefficient (Wildman–Crippen LogP) is 1.50. The molecular formula is C9H22N2. The third-order valence-corrected chi connectivity index (χ3v) is 1.98. The summed E-state index contributed by atoms with van der Waals surface area (Å²) >= 11 is 0. The van der Waals surface area contributed by atoms with Crippen LogP contribution in [-0.4, -0.2) is 19.1 Å². The smallest absolute Gasteiger partial charge is 0.00770 e. The van der Waals surface area contributed by atoms with E-state index in [0.29, 0.717) is 6.04 Å². The summed E-state index contributed by atoms with van der Waals surface area (Å²) < 4.78 is 0. The van der Waals surface area contributed by atoms with Gasteiger partial charge in [-0.1, -0.05) is 26.7 Å². The van der Waals surface area contributed by atoms with Crippen LogP contribution in [0.15, 0.2) is 0 Å². The summed E-state index contributed by atoms with van der Waals surface area (Å²) in [5.74, 6) is 0. The van der Waals surface area contributed by atoms with Crippen molar-refractivity contribution in [1.29, 1.82) is 0 Å². The Balaban J connectivity index is 3.25. The summed E-state index contributed by atoms with van der Waals surface area (Å²) in [6.45, 7) is 6.17. The number of rotatable bonds is 7. The molecule has 0 fully saturated rings. The van der Waals surface area contributed by atoms with E-state index in [0.717, 1.165) is 13.1 Å². The SMILES string of the molecule is CCCCC(CC)NCCN. The lowest BCUT2D eigenvalue weighted by atomic mass is 10.1. The summed E-state index contributed by atoms with van der Waals surface area (Å²) in [6, 6.07) is 0.693. The third-order valence-electron chi connectivity index (χ3n) is 1.98. The first kappa shape index (κ1) is 10.9. The Morgan fingerprint density at radius 2 is 2.09 bits per heavy atom. The van der Waals surface area contributed by atoms with E-state index in [9.17, 15) is 0 Å². The molecule has 0 aromatic heterocycles. The van der Waals surface area contributed by atoms with Crippen molar-refractivity contribution in [2.45, 2.75) is 45.6 Å². The Hall–Kier alpha value is -0.0800. The van der Waals surface area contributed by atoms with Crippen LogP contribution < -0.4 is 11.1 Å². The van der Waals surface area contributed by atoms with Gasteiger partial charge in [-0.2, -0.15) is 0 Å². The zero-order valence-electron chi connectivity index (χ0n) is 7.90. The summed E-state index contributed by atoms with van der Waals surface area (Å²) in [5, 5.41) is 3.43. The molecule has 0 heterocycles. The molecule has 0 radical (unpaired) electrons. The highest BCUT2D eigenvalue weighted by molar-refractivity contribution is 4.64. The fourth-order valence-corrected chi connectivity index (χ4v) is 1.19. The standard InChI is InChI=1S/C9H22N2/c1-3-5-6-9(4-2)11-8-7-10/h9,11H,3-8,10H2,1-2H3. The molecule has 0 bridgehead atoms. The fraction of sp³-hybridized carbons (Fsp3) is 1.00. The van der Waals surface area contributed by atoms with Gasteiger partial charge in [-0.3, -0.25) is 0 Å². The Bertz CT molecular complexity index is 66.0. The number of nitrogens with one attached hydrogen (secondary N) is 1. The molecule has 2 heteroatoms. The van der Waals surface area contributed by atoms with Crippen LogP contribution in [0.1, 0.15) is 39.5 Å². The zero-order chi connectivity index (χ0) is 8.53. The molecule has 11 heavy (non-hydrogen) atoms. The highest BCUT2D eigenvalue weighted by atomic mass is 14.9. The van der Waals surface area contributed by atoms with Crippen LogP contribution in [0.2, 0.25) is 0 Å². The number of hydrogen-bond acceptors (Lipinski definition) is 2. The van der Waals surface area contributed by atoms with E-state index in [1.165, 1.54) is 25.7 Å². The van der Waals surface area contributed by atoms with Crippen molar-refractivity contribution in [1.82, 2.24) is 5.32 Å². The molecule has 0 aromatic carbocycles. The van der Waals surface area contributed by atoms with Crippen LogP contribution in [0, 0.1) is 0 Å². The Labute approximate surface area is 70.5 Å². The monoisotopic (exact) mass is 158 g/mol. The lowest BCUT2D eigenvalue weighted by Gasteiger charge is -2.15. The van der Waals surface area contributed by atoms with Gasteiger partial charge in [0.2, 0.25) is 0 Å². The first-order valence-electron chi connectivity index (χ1n) is 4.78. The molecule has 1 unspecified atom stereocenters. The van der Waals surface area contributed by atoms with Crippen molar-refractivity contribution >= 4 is 0 Å². The summed E-state index contributed by atoms with van der Waals surface area (Å²) in [7, 11) is 0. The topological polar surface area (TPSA) is 38.0 Å². The molecule has 0 aromatic rings. The van der Waals surface area contributed by atoms with Crippen LogP contribution in [0.5, 0.6) is 0 Å². The second kappa shape index (κ2) is 8.02. The van der Waals surface area contributed by atoms with Crippen molar-refractivity contribution in [2.24, 2.45) is 5.73 Å². The van der Waals surface area contributed by atoms with Gasteiger partial charge in [0.05, 0.1) is 0 Å². The van der Waals surface area contributed by atoms with Gasteiger partial charge in [-0.15, -0.1) is 0 Å². The fourth-order valence-electron chi connectivity index (χ4n) is 1.19. The first-order chi connectivity index (χ1) is 5.35. The molecule has 68 valence electrons. The molecule has 0 aliphatic heterocycles. The summed E-state index contributed by atoms with van der Waals surface area (Å²) in [6.07, 6.45) is 5.14. The minimum absolute atomic E-state index is 0.693. The first-order valence-corrected chi connectivity index (χ1v) is 4.78. The molecule has 3 N–H and O–H groups in total. The number of unbranched alkanes of at least 4 members (excludes halogenated alkanes) is 1. The molecule has 0 aliphatic carbocycles. The minimum Gasteiger partial charge on any atom is -0.329 e. The Morgan fingerprint density at radius 3 is 2.55 bits per heavy atom. The van der Waals surface area contributed by atoms with E-state index in [1.807, 2.05) is 0 Å². The molecule has 0 aliphatic rings. The minimum atomic E-state index is 0.693. The van der Waals surface area contributed by atoms with Gasteiger partial charge in [0, 0.05) is 19.1 Å². The van der Waals surface area contributed by atoms with E-state index in [4.69, 9.17) is 5.73 Å². The lowest BCUT2D eigenvalue weighted by Crippen LogP contribution is -2.32. The molecule has 0 amide bonds. The molecular weight excluding hydrogens is 136 g/mol. The summed E-state index contributed by atoms with van der Waals surface area (Å²) in [5.41, 5.74) is 5.40. The second-order valence-corrected chi connectivity index (χ2v) is 2.99. The lowest BCUT2D eigenvalue weighted by molar-refractivity contribution is 0.458. The largest absolute Gasteiger partial charge is 0.329 e. The van der Waals surface area contributed by atoms with Crippen LogP contribution >= 0.6 is 0 Å². The van der Waals surface area contributed by atoms with Crippen LogP contribution in [-0.2, 0) is 0 Å². The van der Waals surface area contributed by atoms with Crippen molar-refractivity contribution in [3.63, 3.8) is 0 Å². The van der Waals surface area contributed by atoms with Crippen molar-refractivity contribution in [3.8, 4) is 0 Å². The number of hydrogen-bond donors (Lipinski definition) is 2. The van der Waals surface area contributed by atoms with Gasteiger partial charge in [0.25, 0.3) is 0 Å². The maximum atomic E-state index is 5.40. The third kappa shape index (κ3) is 6.32. The van der Waals surface area contributed by atoms with E-state index in [2.05, 4.69) is 19.2 Å². The van der Waals surface area contributed by atoms with Gasteiger partial charge >= 0.3 is 0 Å². The van der Waals surface area contributed by atoms with Gasteiger partial charge in [0.15, 0.2) is 0 Å². The zero-order valence-corrected chi connectivity index (χ0v) is 7.90. The Morgan fingerprint density at radius 1 is 1.36 bits per heavy atom. The normalized spacial score (nSPS) is 13.4. The van der Waals surface area contributed by atoms with E-state index in [1.54, 1.807) is 0 Å². The average molecular weight is 158 g/mol. The van der Waals surface area contributed by atoms with Crippen LogP contribution in [0.25, 0.3) is 0 Å². The molecule has 0 rings (SSSR count). The van der Waals surface area contributed by atoms with Crippen molar-refractivity contribution in [3.05, 3.63) is 0 Å². The van der Waals surface area contributed by atoms with E-state index in [-0.39, 0.29) is 0 Å². The number of nitrogens with two attached hydrogens (primary N) is 1. The highest BCUT2D eigenvalue weighted by Crippen LogP contribution is 2.02. The van der Waals surface area contributed by atoms with Gasteiger partial charge < -0.3 is 11.1 Å². The molecule has 1 atom stereocenters. The molecule has 0 spiro atoms. The van der Waals surface area contributed by atoms with Gasteiger partial charge in [0.1, 0.15) is 0 Å². The van der Waals surface area contributed by atoms with E-state index < -0.39 is 0 Å². The average Bonchev–Trinajstić information content (AvgIpc) is 2.05. The molecule has 0 saturated carbocycles. The Kier molecular flexibility index (Phi) is 7.96. The molecule has 0 saturated heterocycles. The predicted molar refractivity (Wildman–Crippen MR) is 50.7 cm³/mol. The summed E-state index contributed by atoms with van der Waals surface area (Å²) in [4.78, 5) is 0. The second-order valence-electron chi connectivity index (χ2n) is 2.99. The van der Waals surface area contributed by atoms with E-state index >= 15 is 0 Å². The molecule has 2 nitrogen and oxygen atoms in total. The highest BCUT2D eigenvalue weighted by Gasteiger charge is 2.02. The quantitative estimate of drug-likeness (QED) is 0.589. The maximum absolute atomic E-state index is 5.40. The van der Waals surface area contributed by atoms with Gasteiger partial charge in [-0.25, -0.2) is 0 Å². The van der Waals surface area contributed by atoms with Crippen LogP contribution in [0.3, 0.4) is 0 Å². The maximum Gasteiger partial charge on any atom is 0.00770 e.